The van der Waals surface area contributed by atoms with Crippen LogP contribution in [0.3, 0.4) is 0 Å². The number of hydrogen-bond acceptors (Lipinski definition) is 3. The van der Waals surface area contributed by atoms with E-state index in [0.717, 1.165) is 28.8 Å². The number of esters is 1. The van der Waals surface area contributed by atoms with Crippen LogP contribution in [0, 0.1) is 5.92 Å². The first-order valence-corrected chi connectivity index (χ1v) is 9.91. The van der Waals surface area contributed by atoms with Crippen LogP contribution in [0.5, 0.6) is 5.75 Å². The molecule has 0 unspecified atom stereocenters. The highest BCUT2D eigenvalue weighted by molar-refractivity contribution is 6.00. The van der Waals surface area contributed by atoms with Crippen LogP contribution in [0.25, 0.3) is 11.1 Å². The maximum Gasteiger partial charge on any atom is 0.316 e. The molecule has 3 aromatic carbocycles. The van der Waals surface area contributed by atoms with Gasteiger partial charge in [-0.15, -0.1) is 0 Å². The van der Waals surface area contributed by atoms with Crippen LogP contribution < -0.4 is 9.64 Å². The van der Waals surface area contributed by atoms with Gasteiger partial charge < -0.3 is 9.64 Å². The molecule has 0 bridgehead atoms. The fourth-order valence-electron chi connectivity index (χ4n) is 3.72. The maximum absolute atomic E-state index is 12.6. The summed E-state index contributed by atoms with van der Waals surface area (Å²) < 4.78 is 5.56. The van der Waals surface area contributed by atoms with Crippen LogP contribution in [0.2, 0.25) is 0 Å². The minimum absolute atomic E-state index is 0.0349. The summed E-state index contributed by atoms with van der Waals surface area (Å²) in [7, 11) is 0. The van der Waals surface area contributed by atoms with Crippen molar-refractivity contribution in [2.24, 2.45) is 5.92 Å². The van der Waals surface area contributed by atoms with Crippen molar-refractivity contribution in [2.75, 3.05) is 11.4 Å². The van der Waals surface area contributed by atoms with E-state index in [0.29, 0.717) is 12.3 Å². The Balaban J connectivity index is 1.43. The fraction of sp³-hybridized carbons (Fsp3) is 0.200. The molecule has 146 valence electrons. The SMILES string of the molecule is CCc1ccccc1N1C[C@H](C(=O)Oc2ccc(-c3ccccc3)cc2)CC1=O. The third-order valence-corrected chi connectivity index (χ3v) is 5.30. The van der Waals surface area contributed by atoms with E-state index < -0.39 is 5.92 Å². The molecule has 0 aliphatic carbocycles. The average molecular weight is 385 g/mol. The van der Waals surface area contributed by atoms with E-state index >= 15 is 0 Å². The number of rotatable bonds is 5. The second-order valence-corrected chi connectivity index (χ2v) is 7.20. The van der Waals surface area contributed by atoms with E-state index in [2.05, 4.69) is 6.92 Å². The number of para-hydroxylation sites is 1. The van der Waals surface area contributed by atoms with Gasteiger partial charge in [0.1, 0.15) is 5.75 Å². The van der Waals surface area contributed by atoms with Crippen molar-refractivity contribution in [1.29, 1.82) is 0 Å². The summed E-state index contributed by atoms with van der Waals surface area (Å²) in [6.45, 7) is 2.42. The number of nitrogens with zero attached hydrogens (tertiary/aromatic N) is 1. The summed E-state index contributed by atoms with van der Waals surface area (Å²) in [5, 5.41) is 0. The molecule has 1 heterocycles. The van der Waals surface area contributed by atoms with Gasteiger partial charge in [-0.2, -0.15) is 0 Å². The lowest BCUT2D eigenvalue weighted by Gasteiger charge is -2.19. The molecule has 1 aliphatic heterocycles. The number of aryl methyl sites for hydroxylation is 1. The van der Waals surface area contributed by atoms with Gasteiger partial charge in [-0.25, -0.2) is 0 Å². The highest BCUT2D eigenvalue weighted by atomic mass is 16.5. The number of carbonyl (C=O) groups excluding carboxylic acids is 2. The molecule has 1 saturated heterocycles. The Morgan fingerprint density at radius 3 is 2.31 bits per heavy atom. The van der Waals surface area contributed by atoms with E-state index in [1.54, 1.807) is 17.0 Å². The molecule has 1 amide bonds. The Morgan fingerprint density at radius 2 is 1.59 bits per heavy atom. The number of carbonyl (C=O) groups is 2. The van der Waals surface area contributed by atoms with Gasteiger partial charge in [-0.3, -0.25) is 9.59 Å². The Labute approximate surface area is 170 Å². The van der Waals surface area contributed by atoms with Crippen molar-refractivity contribution >= 4 is 17.6 Å². The van der Waals surface area contributed by atoms with Crippen LogP contribution >= 0.6 is 0 Å². The number of amides is 1. The van der Waals surface area contributed by atoms with Crippen molar-refractivity contribution in [1.82, 2.24) is 0 Å². The van der Waals surface area contributed by atoms with Crippen LogP contribution in [0.15, 0.2) is 78.9 Å². The number of anilines is 1. The zero-order valence-electron chi connectivity index (χ0n) is 16.4. The Hall–Kier alpha value is -3.40. The summed E-state index contributed by atoms with van der Waals surface area (Å²) in [4.78, 5) is 26.9. The van der Waals surface area contributed by atoms with Crippen molar-refractivity contribution in [3.63, 3.8) is 0 Å². The van der Waals surface area contributed by atoms with Gasteiger partial charge in [-0.1, -0.05) is 67.6 Å². The standard InChI is InChI=1S/C25H23NO3/c1-2-18-8-6-7-11-23(18)26-17-21(16-24(26)27)25(28)29-22-14-12-20(13-15-22)19-9-4-3-5-10-19/h3-15,21H,2,16-17H2,1H3/t21-/m1/s1. The van der Waals surface area contributed by atoms with Gasteiger partial charge in [-0.05, 0) is 41.3 Å². The van der Waals surface area contributed by atoms with Crippen molar-refractivity contribution in [2.45, 2.75) is 19.8 Å². The van der Waals surface area contributed by atoms with Gasteiger partial charge in [0, 0.05) is 18.7 Å². The Kier molecular flexibility index (Phi) is 5.43. The second kappa shape index (κ2) is 8.31. The summed E-state index contributed by atoms with van der Waals surface area (Å²) in [5.74, 6) is -0.356. The van der Waals surface area contributed by atoms with Crippen LogP contribution in [-0.2, 0) is 16.0 Å². The predicted molar refractivity (Wildman–Crippen MR) is 114 cm³/mol. The zero-order valence-corrected chi connectivity index (χ0v) is 16.4. The Morgan fingerprint density at radius 1 is 0.931 bits per heavy atom. The lowest BCUT2D eigenvalue weighted by atomic mass is 10.1. The average Bonchev–Trinajstić information content (AvgIpc) is 3.16. The largest absolute Gasteiger partial charge is 0.426 e. The molecule has 0 radical (unpaired) electrons. The Bertz CT molecular complexity index is 1010. The van der Waals surface area contributed by atoms with Gasteiger partial charge in [0.15, 0.2) is 0 Å². The van der Waals surface area contributed by atoms with E-state index in [4.69, 9.17) is 4.74 Å². The van der Waals surface area contributed by atoms with Crippen LogP contribution in [-0.4, -0.2) is 18.4 Å². The number of ether oxygens (including phenoxy) is 1. The van der Waals surface area contributed by atoms with Gasteiger partial charge in [0.2, 0.25) is 5.91 Å². The zero-order chi connectivity index (χ0) is 20.2. The smallest absolute Gasteiger partial charge is 0.316 e. The van der Waals surface area contributed by atoms with Crippen molar-refractivity contribution < 1.29 is 14.3 Å². The summed E-state index contributed by atoms with van der Waals surface area (Å²) in [6, 6.07) is 25.3. The molecule has 0 spiro atoms. The van der Waals surface area contributed by atoms with E-state index in [9.17, 15) is 9.59 Å². The molecule has 1 aliphatic rings. The lowest BCUT2D eigenvalue weighted by molar-refractivity contribution is -0.139. The monoisotopic (exact) mass is 385 g/mol. The van der Waals surface area contributed by atoms with Crippen molar-refractivity contribution in [3.8, 4) is 16.9 Å². The lowest BCUT2D eigenvalue weighted by Crippen LogP contribution is -2.28. The molecule has 4 rings (SSSR count). The van der Waals surface area contributed by atoms with Crippen LogP contribution in [0.1, 0.15) is 18.9 Å². The molecule has 29 heavy (non-hydrogen) atoms. The minimum atomic E-state index is -0.457. The normalized spacial score (nSPS) is 16.1. The third-order valence-electron chi connectivity index (χ3n) is 5.30. The molecule has 4 nitrogen and oxygen atoms in total. The molecule has 0 saturated carbocycles. The molecule has 1 fully saturated rings. The summed E-state index contributed by atoms with van der Waals surface area (Å²) in [6.07, 6.45) is 1.02. The predicted octanol–water partition coefficient (Wildman–Crippen LogP) is 4.87. The van der Waals surface area contributed by atoms with Gasteiger partial charge in [0.05, 0.1) is 5.92 Å². The molecular formula is C25H23NO3. The maximum atomic E-state index is 12.6. The first kappa shape index (κ1) is 18.9. The minimum Gasteiger partial charge on any atom is -0.426 e. The number of hydrogen-bond donors (Lipinski definition) is 0. The van der Waals surface area contributed by atoms with E-state index in [1.807, 2.05) is 66.7 Å². The number of benzene rings is 3. The van der Waals surface area contributed by atoms with E-state index in [-0.39, 0.29) is 18.3 Å². The quantitative estimate of drug-likeness (QED) is 0.465. The molecule has 1 atom stereocenters. The second-order valence-electron chi connectivity index (χ2n) is 7.20. The van der Waals surface area contributed by atoms with Gasteiger partial charge >= 0.3 is 5.97 Å². The van der Waals surface area contributed by atoms with E-state index in [1.165, 1.54) is 0 Å². The highest BCUT2D eigenvalue weighted by Crippen LogP contribution is 2.30. The molecule has 3 aromatic rings. The van der Waals surface area contributed by atoms with Crippen LogP contribution in [0.4, 0.5) is 5.69 Å². The molecule has 0 N–H and O–H groups in total. The summed E-state index contributed by atoms with van der Waals surface area (Å²) >= 11 is 0. The summed E-state index contributed by atoms with van der Waals surface area (Å²) in [5.41, 5.74) is 4.16. The molecular weight excluding hydrogens is 362 g/mol. The topological polar surface area (TPSA) is 46.6 Å². The molecule has 0 aromatic heterocycles. The highest BCUT2D eigenvalue weighted by Gasteiger charge is 2.37. The first-order chi connectivity index (χ1) is 14.2. The van der Waals surface area contributed by atoms with Gasteiger partial charge in [0.25, 0.3) is 0 Å². The molecule has 4 heteroatoms. The fourth-order valence-corrected chi connectivity index (χ4v) is 3.72. The third kappa shape index (κ3) is 4.06. The first-order valence-electron chi connectivity index (χ1n) is 9.91. The van der Waals surface area contributed by atoms with Crippen molar-refractivity contribution in [3.05, 3.63) is 84.4 Å².